The molecule has 1 heterocycles. The molecule has 0 fully saturated rings. The van der Waals surface area contributed by atoms with Gasteiger partial charge in [0.15, 0.2) is 0 Å². The summed E-state index contributed by atoms with van der Waals surface area (Å²) in [6, 6.07) is 64.7. The fourth-order valence-electron chi connectivity index (χ4n) is 9.66. The number of rotatable bonds is 5. The minimum absolute atomic E-state index is 0.106. The van der Waals surface area contributed by atoms with Crippen LogP contribution in [0.15, 0.2) is 180 Å². The molecule has 0 unspecified atom stereocenters. The zero-order valence-electron chi connectivity index (χ0n) is 32.1. The average Bonchev–Trinajstić information content (AvgIpc) is 3.80. The lowest BCUT2D eigenvalue weighted by molar-refractivity contribution is 0.660. The molecule has 268 valence electrons. The van der Waals surface area contributed by atoms with Gasteiger partial charge in [0.05, 0.1) is 0 Å². The van der Waals surface area contributed by atoms with Crippen LogP contribution in [-0.2, 0) is 10.8 Å². The molecular formula is C54H41NO. The second kappa shape index (κ2) is 11.9. The normalized spacial score (nSPS) is 14.4. The molecule has 56 heavy (non-hydrogen) atoms. The Labute approximate surface area is 328 Å². The van der Waals surface area contributed by atoms with Crippen LogP contribution in [0.3, 0.4) is 0 Å². The number of hydrogen-bond acceptors (Lipinski definition) is 2. The van der Waals surface area contributed by atoms with Crippen molar-refractivity contribution in [2.75, 3.05) is 4.90 Å². The molecule has 0 amide bonds. The van der Waals surface area contributed by atoms with E-state index in [1.54, 1.807) is 0 Å². The average molecular weight is 720 g/mol. The topological polar surface area (TPSA) is 16.4 Å². The van der Waals surface area contributed by atoms with E-state index in [0.29, 0.717) is 0 Å². The van der Waals surface area contributed by atoms with Gasteiger partial charge in [-0.1, -0.05) is 143 Å². The number of furan rings is 1. The summed E-state index contributed by atoms with van der Waals surface area (Å²) in [5, 5.41) is 2.29. The smallest absolute Gasteiger partial charge is 0.135 e. The molecule has 0 aliphatic heterocycles. The number of anilines is 3. The van der Waals surface area contributed by atoms with Crippen molar-refractivity contribution in [2.24, 2.45) is 0 Å². The first-order chi connectivity index (χ1) is 27.3. The predicted octanol–water partition coefficient (Wildman–Crippen LogP) is 15.0. The van der Waals surface area contributed by atoms with Gasteiger partial charge in [0, 0.05) is 38.7 Å². The van der Waals surface area contributed by atoms with Crippen molar-refractivity contribution in [2.45, 2.75) is 38.5 Å². The molecule has 9 aromatic rings. The van der Waals surface area contributed by atoms with Crippen LogP contribution in [0, 0.1) is 0 Å². The minimum Gasteiger partial charge on any atom is -0.456 e. The van der Waals surface area contributed by atoms with Crippen LogP contribution in [0.5, 0.6) is 0 Å². The van der Waals surface area contributed by atoms with Gasteiger partial charge in [-0.2, -0.15) is 0 Å². The van der Waals surface area contributed by atoms with Gasteiger partial charge < -0.3 is 9.32 Å². The number of hydrogen-bond donors (Lipinski definition) is 0. The molecular weight excluding hydrogens is 679 g/mol. The second-order valence-electron chi connectivity index (χ2n) is 16.6. The lowest BCUT2D eigenvalue weighted by Crippen LogP contribution is -2.18. The van der Waals surface area contributed by atoms with E-state index in [4.69, 9.17) is 4.42 Å². The third kappa shape index (κ3) is 4.82. The summed E-state index contributed by atoms with van der Waals surface area (Å²) in [5.41, 5.74) is 20.6. The van der Waals surface area contributed by atoms with Crippen molar-refractivity contribution in [1.82, 2.24) is 0 Å². The molecule has 2 aliphatic carbocycles. The summed E-state index contributed by atoms with van der Waals surface area (Å²) in [5.74, 6) is 0. The summed E-state index contributed by atoms with van der Waals surface area (Å²) >= 11 is 0. The summed E-state index contributed by atoms with van der Waals surface area (Å²) in [7, 11) is 0. The molecule has 11 rings (SSSR count). The van der Waals surface area contributed by atoms with E-state index in [9.17, 15) is 0 Å². The summed E-state index contributed by atoms with van der Waals surface area (Å²) < 4.78 is 6.14. The van der Waals surface area contributed by atoms with Crippen molar-refractivity contribution in [3.05, 3.63) is 198 Å². The van der Waals surface area contributed by atoms with Crippen LogP contribution >= 0.6 is 0 Å². The maximum Gasteiger partial charge on any atom is 0.135 e. The fraction of sp³-hybridized carbons (Fsp3) is 0.111. The Hall–Kier alpha value is -6.64. The zero-order valence-corrected chi connectivity index (χ0v) is 32.1. The first-order valence-corrected chi connectivity index (χ1v) is 19.7. The standard InChI is InChI=1S/C54H41NO/c1-53(2)47-16-10-8-14-41(47)43-27-24-39(32-49(43)53)55(38-22-18-35(19-23-38)36-21-29-52-46(30-36)45-15-9-11-17-51(45)56-52)40-25-28-44-42-26-20-37(34-12-6-5-7-13-34)31-48(42)54(3,4)50(44)33-40/h5-33H,1-4H3. The number of para-hydroxylation sites is 1. The molecule has 2 nitrogen and oxygen atoms in total. The van der Waals surface area contributed by atoms with Crippen molar-refractivity contribution in [3.8, 4) is 44.5 Å². The Morgan fingerprint density at radius 1 is 0.339 bits per heavy atom. The molecule has 0 saturated heterocycles. The fourth-order valence-corrected chi connectivity index (χ4v) is 9.66. The first kappa shape index (κ1) is 32.8. The molecule has 1 aromatic heterocycles. The van der Waals surface area contributed by atoms with Crippen molar-refractivity contribution < 1.29 is 4.42 Å². The minimum atomic E-state index is -0.168. The highest BCUT2D eigenvalue weighted by molar-refractivity contribution is 6.06. The molecule has 0 N–H and O–H groups in total. The number of fused-ring (bicyclic) bond motifs is 9. The van der Waals surface area contributed by atoms with Crippen LogP contribution in [0.4, 0.5) is 17.1 Å². The highest BCUT2D eigenvalue weighted by atomic mass is 16.3. The molecule has 0 radical (unpaired) electrons. The van der Waals surface area contributed by atoms with E-state index in [1.165, 1.54) is 66.8 Å². The predicted molar refractivity (Wildman–Crippen MR) is 234 cm³/mol. The van der Waals surface area contributed by atoms with Gasteiger partial charge in [-0.05, 0) is 127 Å². The van der Waals surface area contributed by atoms with E-state index in [2.05, 4.69) is 196 Å². The Morgan fingerprint density at radius 3 is 1.55 bits per heavy atom. The van der Waals surface area contributed by atoms with Crippen LogP contribution in [0.1, 0.15) is 49.9 Å². The van der Waals surface area contributed by atoms with Crippen LogP contribution < -0.4 is 4.90 Å². The Morgan fingerprint density at radius 2 is 0.821 bits per heavy atom. The van der Waals surface area contributed by atoms with Crippen LogP contribution in [0.25, 0.3) is 66.4 Å². The first-order valence-electron chi connectivity index (χ1n) is 19.7. The molecule has 2 aliphatic rings. The third-order valence-electron chi connectivity index (χ3n) is 12.7. The summed E-state index contributed by atoms with van der Waals surface area (Å²) in [6.07, 6.45) is 0. The van der Waals surface area contributed by atoms with Crippen molar-refractivity contribution >= 4 is 39.0 Å². The van der Waals surface area contributed by atoms with Gasteiger partial charge in [0.25, 0.3) is 0 Å². The third-order valence-corrected chi connectivity index (χ3v) is 12.7. The van der Waals surface area contributed by atoms with Gasteiger partial charge in [-0.15, -0.1) is 0 Å². The molecule has 0 spiro atoms. The van der Waals surface area contributed by atoms with E-state index >= 15 is 0 Å². The Balaban J connectivity index is 1.04. The second-order valence-corrected chi connectivity index (χ2v) is 16.6. The lowest BCUT2D eigenvalue weighted by Gasteiger charge is -2.30. The van der Waals surface area contributed by atoms with Gasteiger partial charge in [-0.3, -0.25) is 0 Å². The van der Waals surface area contributed by atoms with Crippen molar-refractivity contribution in [1.29, 1.82) is 0 Å². The van der Waals surface area contributed by atoms with E-state index in [-0.39, 0.29) is 10.8 Å². The Kier molecular flexibility index (Phi) is 6.98. The van der Waals surface area contributed by atoms with Crippen LogP contribution in [-0.4, -0.2) is 0 Å². The molecule has 0 saturated carbocycles. The summed E-state index contributed by atoms with van der Waals surface area (Å²) in [4.78, 5) is 2.45. The van der Waals surface area contributed by atoms with Crippen molar-refractivity contribution in [3.63, 3.8) is 0 Å². The monoisotopic (exact) mass is 719 g/mol. The van der Waals surface area contributed by atoms with Gasteiger partial charge in [0.2, 0.25) is 0 Å². The number of nitrogens with zero attached hydrogens (tertiary/aromatic N) is 1. The van der Waals surface area contributed by atoms with Gasteiger partial charge >= 0.3 is 0 Å². The SMILES string of the molecule is CC1(C)c2ccccc2-c2ccc(N(c3ccc(-c4ccc5oc6ccccc6c5c4)cc3)c3ccc4c(c3)C(C)(C)c3cc(-c5ccccc5)ccc3-4)cc21. The molecule has 0 bridgehead atoms. The van der Waals surface area contributed by atoms with E-state index < -0.39 is 0 Å². The highest BCUT2D eigenvalue weighted by Crippen LogP contribution is 2.53. The Bertz CT molecular complexity index is 3020. The van der Waals surface area contributed by atoms with E-state index in [0.717, 1.165) is 39.0 Å². The molecule has 0 atom stereocenters. The quantitative estimate of drug-likeness (QED) is 0.176. The molecule has 2 heteroatoms. The van der Waals surface area contributed by atoms with Gasteiger partial charge in [-0.25, -0.2) is 0 Å². The zero-order chi connectivity index (χ0) is 37.8. The highest BCUT2D eigenvalue weighted by Gasteiger charge is 2.38. The number of benzene rings is 8. The summed E-state index contributed by atoms with van der Waals surface area (Å²) in [6.45, 7) is 9.48. The maximum absolute atomic E-state index is 6.14. The van der Waals surface area contributed by atoms with E-state index in [1.807, 2.05) is 12.1 Å². The van der Waals surface area contributed by atoms with Gasteiger partial charge in [0.1, 0.15) is 11.2 Å². The van der Waals surface area contributed by atoms with Crippen LogP contribution in [0.2, 0.25) is 0 Å². The largest absolute Gasteiger partial charge is 0.456 e. The molecule has 8 aromatic carbocycles. The lowest BCUT2D eigenvalue weighted by atomic mass is 9.81. The maximum atomic E-state index is 6.14.